The lowest BCUT2D eigenvalue weighted by Crippen LogP contribution is -2.32. The molecule has 6 heteroatoms. The third-order valence-corrected chi connectivity index (χ3v) is 5.32. The first-order chi connectivity index (χ1) is 14.8. The highest BCUT2D eigenvalue weighted by Crippen LogP contribution is 2.25. The van der Waals surface area contributed by atoms with Gasteiger partial charge in [0.1, 0.15) is 11.4 Å². The minimum Gasteiger partial charge on any atom is -0.463 e. The van der Waals surface area contributed by atoms with Crippen LogP contribution in [0, 0.1) is 0 Å². The van der Waals surface area contributed by atoms with Crippen molar-refractivity contribution < 1.29 is 9.21 Å². The Morgan fingerprint density at radius 2 is 1.77 bits per heavy atom. The van der Waals surface area contributed by atoms with Crippen LogP contribution in [-0.2, 0) is 0 Å². The molecule has 4 aromatic rings. The lowest BCUT2D eigenvalue weighted by atomic mass is 10.2. The quantitative estimate of drug-likeness (QED) is 0.539. The molecular weight excluding hydrogens is 376 g/mol. The molecule has 1 aliphatic rings. The number of hydrogen-bond donors (Lipinski definition) is 1. The molecule has 1 N–H and O–H groups in total. The van der Waals surface area contributed by atoms with Crippen molar-refractivity contribution in [3.8, 4) is 17.1 Å². The Hall–Kier alpha value is -3.80. The largest absolute Gasteiger partial charge is 0.463 e. The van der Waals surface area contributed by atoms with Crippen LogP contribution in [0.4, 0.5) is 5.69 Å². The fraction of sp³-hybridized carbons (Fsp3) is 0.167. The predicted molar refractivity (Wildman–Crippen MR) is 116 cm³/mol. The Morgan fingerprint density at radius 3 is 2.50 bits per heavy atom. The van der Waals surface area contributed by atoms with E-state index in [0.29, 0.717) is 30.2 Å². The normalized spacial score (nSPS) is 16.0. The highest BCUT2D eigenvalue weighted by Gasteiger charge is 2.30. The molecule has 2 aromatic heterocycles. The van der Waals surface area contributed by atoms with E-state index in [-0.39, 0.29) is 11.9 Å². The minimum absolute atomic E-state index is 0.0264. The van der Waals surface area contributed by atoms with Crippen molar-refractivity contribution in [3.05, 3.63) is 90.8 Å². The van der Waals surface area contributed by atoms with Crippen molar-refractivity contribution in [1.29, 1.82) is 0 Å². The summed E-state index contributed by atoms with van der Waals surface area (Å²) < 4.78 is 7.21. The van der Waals surface area contributed by atoms with E-state index in [0.717, 1.165) is 17.8 Å². The zero-order valence-electron chi connectivity index (χ0n) is 16.4. The van der Waals surface area contributed by atoms with Crippen LogP contribution in [-0.4, -0.2) is 39.7 Å². The number of carbonyl (C=O) groups excluding carboxylic acids is 1. The molecule has 1 aliphatic heterocycles. The minimum atomic E-state index is -0.0264. The molecule has 1 unspecified atom stereocenters. The molecular formula is C24H22N4O2. The topological polar surface area (TPSA) is 63.3 Å². The Labute approximate surface area is 174 Å². The molecule has 0 spiro atoms. The zero-order valence-corrected chi connectivity index (χ0v) is 16.4. The van der Waals surface area contributed by atoms with Gasteiger partial charge in [-0.1, -0.05) is 36.4 Å². The maximum atomic E-state index is 13.4. The van der Waals surface area contributed by atoms with Crippen LogP contribution in [0.2, 0.25) is 0 Å². The van der Waals surface area contributed by atoms with E-state index in [2.05, 4.69) is 10.4 Å². The van der Waals surface area contributed by atoms with Gasteiger partial charge in [0.05, 0.1) is 12.0 Å². The number of benzene rings is 2. The number of anilines is 1. The van der Waals surface area contributed by atoms with Gasteiger partial charge < -0.3 is 14.6 Å². The van der Waals surface area contributed by atoms with Crippen molar-refractivity contribution in [3.63, 3.8) is 0 Å². The molecule has 0 bridgehead atoms. The summed E-state index contributed by atoms with van der Waals surface area (Å²) in [5.41, 5.74) is 3.10. The van der Waals surface area contributed by atoms with Crippen molar-refractivity contribution in [2.45, 2.75) is 12.5 Å². The van der Waals surface area contributed by atoms with Gasteiger partial charge in [0, 0.05) is 30.9 Å². The van der Waals surface area contributed by atoms with Gasteiger partial charge in [-0.25, -0.2) is 4.68 Å². The molecule has 2 aromatic carbocycles. The van der Waals surface area contributed by atoms with Gasteiger partial charge in [-0.2, -0.15) is 5.10 Å². The molecule has 150 valence electrons. The third-order valence-electron chi connectivity index (χ3n) is 5.32. The van der Waals surface area contributed by atoms with Gasteiger partial charge in [0.25, 0.3) is 5.91 Å². The molecule has 1 saturated heterocycles. The summed E-state index contributed by atoms with van der Waals surface area (Å²) in [7, 11) is 0. The SMILES string of the molecule is O=C(c1cc(-c2ccco2)nn1-c1ccccc1)N1CCC(Nc2ccccc2)C1. The number of nitrogens with zero attached hydrogens (tertiary/aromatic N) is 3. The summed E-state index contributed by atoms with van der Waals surface area (Å²) in [5.74, 6) is 0.616. The van der Waals surface area contributed by atoms with Crippen LogP contribution in [0.5, 0.6) is 0 Å². The highest BCUT2D eigenvalue weighted by molar-refractivity contribution is 5.94. The van der Waals surface area contributed by atoms with Crippen LogP contribution in [0.1, 0.15) is 16.9 Å². The van der Waals surface area contributed by atoms with E-state index >= 15 is 0 Å². The number of para-hydroxylation sites is 2. The second kappa shape index (κ2) is 7.91. The number of nitrogens with one attached hydrogen (secondary N) is 1. The maximum Gasteiger partial charge on any atom is 0.272 e. The van der Waals surface area contributed by atoms with Gasteiger partial charge in [0.2, 0.25) is 0 Å². The Bertz CT molecular complexity index is 1120. The number of amides is 1. The average Bonchev–Trinajstić information content (AvgIpc) is 3.55. The molecule has 0 aliphatic carbocycles. The summed E-state index contributed by atoms with van der Waals surface area (Å²) in [6.07, 6.45) is 2.52. The smallest absolute Gasteiger partial charge is 0.272 e. The van der Waals surface area contributed by atoms with Gasteiger partial charge in [-0.3, -0.25) is 4.79 Å². The number of furan rings is 1. The van der Waals surface area contributed by atoms with Gasteiger partial charge in [0.15, 0.2) is 5.76 Å². The summed E-state index contributed by atoms with van der Waals surface area (Å²) in [6, 6.07) is 25.5. The summed E-state index contributed by atoms with van der Waals surface area (Å²) in [5, 5.41) is 8.18. The molecule has 1 fully saturated rings. The number of carbonyl (C=O) groups is 1. The summed E-state index contributed by atoms with van der Waals surface area (Å²) >= 11 is 0. The van der Waals surface area contributed by atoms with E-state index in [1.165, 1.54) is 0 Å². The van der Waals surface area contributed by atoms with Crippen LogP contribution < -0.4 is 5.32 Å². The van der Waals surface area contributed by atoms with Crippen LogP contribution >= 0.6 is 0 Å². The van der Waals surface area contributed by atoms with Crippen LogP contribution in [0.15, 0.2) is 89.5 Å². The molecule has 1 amide bonds. The summed E-state index contributed by atoms with van der Waals surface area (Å²) in [4.78, 5) is 15.3. The average molecular weight is 398 g/mol. The van der Waals surface area contributed by atoms with Gasteiger partial charge in [-0.05, 0) is 42.8 Å². The first-order valence-corrected chi connectivity index (χ1v) is 10.1. The van der Waals surface area contributed by atoms with Crippen molar-refractivity contribution in [1.82, 2.24) is 14.7 Å². The van der Waals surface area contributed by atoms with Crippen molar-refractivity contribution in [2.24, 2.45) is 0 Å². The fourth-order valence-corrected chi connectivity index (χ4v) is 3.84. The van der Waals surface area contributed by atoms with E-state index in [9.17, 15) is 4.79 Å². The lowest BCUT2D eigenvalue weighted by molar-refractivity contribution is 0.0782. The van der Waals surface area contributed by atoms with E-state index < -0.39 is 0 Å². The van der Waals surface area contributed by atoms with Crippen LogP contribution in [0.3, 0.4) is 0 Å². The maximum absolute atomic E-state index is 13.4. The number of rotatable bonds is 5. The molecule has 0 radical (unpaired) electrons. The standard InChI is InChI=1S/C24H22N4O2/c29-24(27-14-13-19(17-27)25-18-8-3-1-4-9-18)22-16-21(23-12-7-15-30-23)26-28(22)20-10-5-2-6-11-20/h1-12,15-16,19,25H,13-14,17H2. The Balaban J connectivity index is 1.41. The molecule has 0 saturated carbocycles. The summed E-state index contributed by atoms with van der Waals surface area (Å²) in [6.45, 7) is 1.36. The van der Waals surface area contributed by atoms with Crippen molar-refractivity contribution in [2.75, 3.05) is 18.4 Å². The fourth-order valence-electron chi connectivity index (χ4n) is 3.84. The van der Waals surface area contributed by atoms with E-state index in [4.69, 9.17) is 4.42 Å². The molecule has 30 heavy (non-hydrogen) atoms. The molecule has 6 nitrogen and oxygen atoms in total. The van der Waals surface area contributed by atoms with Gasteiger partial charge in [-0.15, -0.1) is 0 Å². The Kier molecular flexibility index (Phi) is 4.81. The molecule has 5 rings (SSSR count). The number of aromatic nitrogens is 2. The van der Waals surface area contributed by atoms with E-state index in [1.54, 1.807) is 10.9 Å². The van der Waals surface area contributed by atoms with Gasteiger partial charge >= 0.3 is 0 Å². The first-order valence-electron chi connectivity index (χ1n) is 10.1. The third kappa shape index (κ3) is 3.59. The molecule has 1 atom stereocenters. The Morgan fingerprint density at radius 1 is 1.00 bits per heavy atom. The predicted octanol–water partition coefficient (Wildman–Crippen LogP) is 4.46. The highest BCUT2D eigenvalue weighted by atomic mass is 16.3. The zero-order chi connectivity index (χ0) is 20.3. The lowest BCUT2D eigenvalue weighted by Gasteiger charge is -2.18. The number of likely N-dealkylation sites (tertiary alicyclic amines) is 1. The number of hydrogen-bond acceptors (Lipinski definition) is 4. The molecule has 3 heterocycles. The van der Waals surface area contributed by atoms with Crippen molar-refractivity contribution >= 4 is 11.6 Å². The second-order valence-electron chi connectivity index (χ2n) is 7.39. The van der Waals surface area contributed by atoms with E-state index in [1.807, 2.05) is 83.8 Å². The first kappa shape index (κ1) is 18.2. The monoisotopic (exact) mass is 398 g/mol. The van der Waals surface area contributed by atoms with Crippen LogP contribution in [0.25, 0.3) is 17.1 Å². The second-order valence-corrected chi connectivity index (χ2v) is 7.39.